The van der Waals surface area contributed by atoms with Crippen LogP contribution >= 0.6 is 0 Å². The van der Waals surface area contributed by atoms with Gasteiger partial charge in [-0.3, -0.25) is 0 Å². The third-order valence-electron chi connectivity index (χ3n) is 3.20. The number of hydrogen-bond acceptors (Lipinski definition) is 1. The van der Waals surface area contributed by atoms with Crippen molar-refractivity contribution in [2.45, 2.75) is 58.4 Å². The average molecular weight is 269 g/mol. The molecule has 0 atom stereocenters. The van der Waals surface area contributed by atoms with Crippen molar-refractivity contribution in [3.05, 3.63) is 45.8 Å². The molecular weight excluding hydrogens is 246 g/mol. The minimum atomic E-state index is 0.373. The molecule has 0 amide bonds. The highest BCUT2D eigenvalue weighted by Gasteiger charge is 1.96. The summed E-state index contributed by atoms with van der Waals surface area (Å²) in [5.74, 6) is 6.42. The maximum absolute atomic E-state index is 8.38. The van der Waals surface area contributed by atoms with Gasteiger partial charge in [-0.2, -0.15) is 0 Å². The van der Waals surface area contributed by atoms with Gasteiger partial charge in [-0.05, 0) is 23.6 Å². The molecule has 0 aliphatic heterocycles. The SMILES string of the molecule is CCCCCCCCC#Cc1ccccc1CN=[N+]=[N-]. The topological polar surface area (TPSA) is 48.8 Å². The molecule has 3 nitrogen and oxygen atoms in total. The second-order valence-corrected chi connectivity index (χ2v) is 4.87. The van der Waals surface area contributed by atoms with Crippen LogP contribution < -0.4 is 0 Å². The first-order chi connectivity index (χ1) is 9.88. The summed E-state index contributed by atoms with van der Waals surface area (Å²) in [6, 6.07) is 7.86. The third-order valence-corrected chi connectivity index (χ3v) is 3.20. The van der Waals surface area contributed by atoms with E-state index in [1.54, 1.807) is 0 Å². The van der Waals surface area contributed by atoms with E-state index in [0.29, 0.717) is 6.54 Å². The molecule has 0 N–H and O–H groups in total. The second kappa shape index (κ2) is 11.0. The van der Waals surface area contributed by atoms with Crippen LogP contribution in [0.2, 0.25) is 0 Å². The molecule has 0 aliphatic rings. The fourth-order valence-electron chi connectivity index (χ4n) is 2.04. The summed E-state index contributed by atoms with van der Waals surface area (Å²) >= 11 is 0. The summed E-state index contributed by atoms with van der Waals surface area (Å²) < 4.78 is 0. The maximum atomic E-state index is 8.38. The van der Waals surface area contributed by atoms with Gasteiger partial charge in [0.1, 0.15) is 0 Å². The van der Waals surface area contributed by atoms with Crippen molar-refractivity contribution >= 4 is 0 Å². The Labute approximate surface area is 122 Å². The van der Waals surface area contributed by atoms with Crippen molar-refractivity contribution in [1.82, 2.24) is 0 Å². The summed E-state index contributed by atoms with van der Waals surface area (Å²) in [4.78, 5) is 2.79. The van der Waals surface area contributed by atoms with E-state index in [2.05, 4.69) is 28.8 Å². The number of hydrogen-bond donors (Lipinski definition) is 0. The zero-order valence-electron chi connectivity index (χ0n) is 12.3. The van der Waals surface area contributed by atoms with Gasteiger partial charge in [0, 0.05) is 16.9 Å². The standard InChI is InChI=1S/C17H23N3/c1-2-3-4-5-6-7-8-9-12-16-13-10-11-14-17(16)15-19-20-18/h10-11,13-14H,2-8,15H2,1H3. The normalized spacial score (nSPS) is 9.45. The van der Waals surface area contributed by atoms with Crippen LogP contribution in [-0.4, -0.2) is 0 Å². The van der Waals surface area contributed by atoms with Gasteiger partial charge >= 0.3 is 0 Å². The fraction of sp³-hybridized carbons (Fsp3) is 0.529. The Morgan fingerprint density at radius 2 is 1.85 bits per heavy atom. The van der Waals surface area contributed by atoms with Crippen LogP contribution in [0.1, 0.15) is 63.0 Å². The molecule has 0 bridgehead atoms. The van der Waals surface area contributed by atoms with Gasteiger partial charge in [0.2, 0.25) is 0 Å². The minimum absolute atomic E-state index is 0.373. The summed E-state index contributed by atoms with van der Waals surface area (Å²) in [7, 11) is 0. The Morgan fingerprint density at radius 3 is 2.65 bits per heavy atom. The van der Waals surface area contributed by atoms with Gasteiger partial charge in [0.15, 0.2) is 0 Å². The third kappa shape index (κ3) is 6.87. The molecule has 20 heavy (non-hydrogen) atoms. The van der Waals surface area contributed by atoms with Crippen molar-refractivity contribution in [3.63, 3.8) is 0 Å². The number of rotatable bonds is 8. The van der Waals surface area contributed by atoms with Gasteiger partial charge in [-0.25, -0.2) is 0 Å². The molecule has 3 heteroatoms. The zero-order valence-corrected chi connectivity index (χ0v) is 12.3. The van der Waals surface area contributed by atoms with Crippen LogP contribution in [0.3, 0.4) is 0 Å². The summed E-state index contributed by atoms with van der Waals surface area (Å²) in [5.41, 5.74) is 10.4. The lowest BCUT2D eigenvalue weighted by Gasteiger charge is -1.99. The summed E-state index contributed by atoms with van der Waals surface area (Å²) in [6.45, 7) is 2.61. The van der Waals surface area contributed by atoms with E-state index in [-0.39, 0.29) is 0 Å². The Morgan fingerprint density at radius 1 is 1.10 bits per heavy atom. The van der Waals surface area contributed by atoms with Crippen molar-refractivity contribution in [2.75, 3.05) is 0 Å². The predicted octanol–water partition coefficient (Wildman–Crippen LogP) is 5.60. The highest BCUT2D eigenvalue weighted by molar-refractivity contribution is 5.41. The van der Waals surface area contributed by atoms with Gasteiger partial charge in [0.05, 0.1) is 6.54 Å². The van der Waals surface area contributed by atoms with Crippen LogP contribution in [0.4, 0.5) is 0 Å². The molecule has 0 saturated heterocycles. The molecule has 0 heterocycles. The highest BCUT2D eigenvalue weighted by atomic mass is 15.1. The van der Waals surface area contributed by atoms with E-state index < -0.39 is 0 Å². The molecule has 0 aliphatic carbocycles. The largest absolute Gasteiger partial charge is 0.0979 e. The smallest absolute Gasteiger partial charge is 0.0523 e. The lowest BCUT2D eigenvalue weighted by atomic mass is 10.1. The van der Waals surface area contributed by atoms with Crippen molar-refractivity contribution in [3.8, 4) is 11.8 Å². The molecule has 0 spiro atoms. The quantitative estimate of drug-likeness (QED) is 0.194. The maximum Gasteiger partial charge on any atom is 0.0523 e. The molecular formula is C17H23N3. The van der Waals surface area contributed by atoms with Crippen LogP contribution in [0.5, 0.6) is 0 Å². The molecule has 1 aromatic rings. The monoisotopic (exact) mass is 269 g/mol. The van der Waals surface area contributed by atoms with E-state index in [1.165, 1.54) is 38.5 Å². The van der Waals surface area contributed by atoms with Crippen LogP contribution in [0.25, 0.3) is 10.4 Å². The second-order valence-electron chi connectivity index (χ2n) is 4.87. The van der Waals surface area contributed by atoms with E-state index >= 15 is 0 Å². The lowest BCUT2D eigenvalue weighted by molar-refractivity contribution is 0.614. The van der Waals surface area contributed by atoms with Gasteiger partial charge in [-0.15, -0.1) is 0 Å². The number of benzene rings is 1. The number of nitrogens with zero attached hydrogens (tertiary/aromatic N) is 3. The van der Waals surface area contributed by atoms with Gasteiger partial charge in [0.25, 0.3) is 0 Å². The average Bonchev–Trinajstić information content (AvgIpc) is 2.49. The van der Waals surface area contributed by atoms with E-state index in [0.717, 1.165) is 17.5 Å². The Bertz CT molecular complexity index is 490. The zero-order chi connectivity index (χ0) is 14.5. The fourth-order valence-corrected chi connectivity index (χ4v) is 2.04. The Kier molecular flexibility index (Phi) is 8.85. The van der Waals surface area contributed by atoms with Gasteiger partial charge in [-0.1, -0.05) is 74.2 Å². The summed E-state index contributed by atoms with van der Waals surface area (Å²) in [5, 5.41) is 3.60. The molecule has 0 unspecified atom stereocenters. The molecule has 0 aromatic heterocycles. The number of unbranched alkanes of at least 4 members (excludes halogenated alkanes) is 6. The highest BCUT2D eigenvalue weighted by Crippen LogP contribution is 2.10. The first kappa shape index (κ1) is 16.1. The minimum Gasteiger partial charge on any atom is -0.0979 e. The Balaban J connectivity index is 2.37. The van der Waals surface area contributed by atoms with Crippen LogP contribution in [0.15, 0.2) is 29.4 Å². The molecule has 0 fully saturated rings. The molecule has 0 saturated carbocycles. The van der Waals surface area contributed by atoms with E-state index in [4.69, 9.17) is 5.53 Å². The van der Waals surface area contributed by atoms with Crippen LogP contribution in [-0.2, 0) is 6.54 Å². The Hall–Kier alpha value is -1.91. The van der Waals surface area contributed by atoms with Gasteiger partial charge < -0.3 is 0 Å². The van der Waals surface area contributed by atoms with E-state index in [9.17, 15) is 0 Å². The lowest BCUT2D eigenvalue weighted by Crippen LogP contribution is -1.86. The predicted molar refractivity (Wildman–Crippen MR) is 84.2 cm³/mol. The molecule has 106 valence electrons. The molecule has 1 rings (SSSR count). The van der Waals surface area contributed by atoms with E-state index in [1.807, 2.05) is 24.3 Å². The van der Waals surface area contributed by atoms with Crippen molar-refractivity contribution in [2.24, 2.45) is 5.11 Å². The van der Waals surface area contributed by atoms with Crippen molar-refractivity contribution in [1.29, 1.82) is 0 Å². The first-order valence-corrected chi connectivity index (χ1v) is 7.46. The van der Waals surface area contributed by atoms with Crippen LogP contribution in [0, 0.1) is 11.8 Å². The molecule has 0 radical (unpaired) electrons. The van der Waals surface area contributed by atoms with Crippen molar-refractivity contribution < 1.29 is 0 Å². The first-order valence-electron chi connectivity index (χ1n) is 7.46. The number of azide groups is 1. The summed E-state index contributed by atoms with van der Waals surface area (Å²) in [6.07, 6.45) is 8.70. The molecule has 1 aromatic carbocycles.